The lowest BCUT2D eigenvalue weighted by Crippen LogP contribution is -2.55. The lowest BCUT2D eigenvalue weighted by atomic mass is 9.67. The SMILES string of the molecule is C[C@H](Cc1ccc2c(c1)OCCO2)NC(=O)C1(C(N)=O)CCC1. The summed E-state index contributed by atoms with van der Waals surface area (Å²) in [6.45, 7) is 3.03. The van der Waals surface area contributed by atoms with Gasteiger partial charge in [0.15, 0.2) is 11.5 Å². The minimum Gasteiger partial charge on any atom is -0.486 e. The number of fused-ring (bicyclic) bond motifs is 1. The molecule has 1 aliphatic heterocycles. The number of hydrogen-bond acceptors (Lipinski definition) is 4. The third-order valence-corrected chi connectivity index (χ3v) is 4.64. The van der Waals surface area contributed by atoms with Crippen molar-refractivity contribution in [2.75, 3.05) is 13.2 Å². The molecule has 2 aliphatic rings. The Kier molecular flexibility index (Phi) is 4.15. The molecule has 0 aromatic heterocycles. The van der Waals surface area contributed by atoms with Gasteiger partial charge >= 0.3 is 0 Å². The Labute approximate surface area is 135 Å². The number of carbonyl (C=O) groups is 2. The molecule has 124 valence electrons. The second-order valence-corrected chi connectivity index (χ2v) is 6.36. The van der Waals surface area contributed by atoms with Crippen LogP contribution in [0, 0.1) is 5.41 Å². The van der Waals surface area contributed by atoms with Crippen LogP contribution in [0.3, 0.4) is 0 Å². The maximum Gasteiger partial charge on any atom is 0.235 e. The molecule has 2 amide bonds. The molecule has 1 saturated carbocycles. The predicted molar refractivity (Wildman–Crippen MR) is 84.2 cm³/mol. The second kappa shape index (κ2) is 6.10. The van der Waals surface area contributed by atoms with Crippen molar-refractivity contribution < 1.29 is 19.1 Å². The summed E-state index contributed by atoms with van der Waals surface area (Å²) in [5, 5.41) is 2.92. The first-order valence-electron chi connectivity index (χ1n) is 8.01. The second-order valence-electron chi connectivity index (χ2n) is 6.36. The van der Waals surface area contributed by atoms with E-state index >= 15 is 0 Å². The van der Waals surface area contributed by atoms with Crippen molar-refractivity contribution in [2.24, 2.45) is 11.1 Å². The number of benzene rings is 1. The molecular formula is C17H22N2O4. The van der Waals surface area contributed by atoms with Crippen LogP contribution in [0.5, 0.6) is 11.5 Å². The summed E-state index contributed by atoms with van der Waals surface area (Å²) >= 11 is 0. The average Bonchev–Trinajstić information content (AvgIpc) is 2.45. The van der Waals surface area contributed by atoms with Crippen LogP contribution in [0.1, 0.15) is 31.7 Å². The van der Waals surface area contributed by atoms with E-state index in [2.05, 4.69) is 5.32 Å². The number of hydrogen-bond donors (Lipinski definition) is 2. The van der Waals surface area contributed by atoms with E-state index in [0.29, 0.717) is 32.5 Å². The molecule has 1 atom stereocenters. The van der Waals surface area contributed by atoms with Crippen molar-refractivity contribution in [1.82, 2.24) is 5.32 Å². The Bertz CT molecular complexity index is 625. The number of carbonyl (C=O) groups excluding carboxylic acids is 2. The van der Waals surface area contributed by atoms with Crippen LogP contribution in [0.15, 0.2) is 18.2 Å². The van der Waals surface area contributed by atoms with Gasteiger partial charge in [0.2, 0.25) is 11.8 Å². The average molecular weight is 318 g/mol. The fourth-order valence-electron chi connectivity index (χ4n) is 3.10. The third-order valence-electron chi connectivity index (χ3n) is 4.64. The molecule has 1 fully saturated rings. The highest BCUT2D eigenvalue weighted by atomic mass is 16.6. The zero-order valence-electron chi connectivity index (χ0n) is 13.3. The van der Waals surface area contributed by atoms with Crippen LogP contribution >= 0.6 is 0 Å². The van der Waals surface area contributed by atoms with Crippen molar-refractivity contribution in [3.8, 4) is 11.5 Å². The van der Waals surface area contributed by atoms with Crippen LogP contribution < -0.4 is 20.5 Å². The molecule has 1 heterocycles. The van der Waals surface area contributed by atoms with E-state index < -0.39 is 11.3 Å². The fraction of sp³-hybridized carbons (Fsp3) is 0.529. The van der Waals surface area contributed by atoms with Crippen LogP contribution in [-0.4, -0.2) is 31.1 Å². The van der Waals surface area contributed by atoms with Crippen molar-refractivity contribution in [1.29, 1.82) is 0 Å². The highest BCUT2D eigenvalue weighted by molar-refractivity contribution is 6.05. The van der Waals surface area contributed by atoms with Gasteiger partial charge in [-0.25, -0.2) is 0 Å². The van der Waals surface area contributed by atoms with Gasteiger partial charge in [-0.15, -0.1) is 0 Å². The summed E-state index contributed by atoms with van der Waals surface area (Å²) in [5.74, 6) is 0.716. The minimum absolute atomic E-state index is 0.0955. The quantitative estimate of drug-likeness (QED) is 0.797. The molecule has 0 spiro atoms. The smallest absolute Gasteiger partial charge is 0.235 e. The van der Waals surface area contributed by atoms with Crippen LogP contribution in [0.2, 0.25) is 0 Å². The molecule has 1 aromatic rings. The summed E-state index contributed by atoms with van der Waals surface area (Å²) in [7, 11) is 0. The molecule has 0 bridgehead atoms. The van der Waals surface area contributed by atoms with Gasteiger partial charge in [-0.05, 0) is 43.9 Å². The zero-order valence-corrected chi connectivity index (χ0v) is 13.3. The molecule has 3 rings (SSSR count). The minimum atomic E-state index is -0.999. The first-order valence-corrected chi connectivity index (χ1v) is 8.01. The number of primary amides is 1. The van der Waals surface area contributed by atoms with E-state index in [9.17, 15) is 9.59 Å². The fourth-order valence-corrected chi connectivity index (χ4v) is 3.10. The molecule has 1 aliphatic carbocycles. The Morgan fingerprint density at radius 1 is 1.26 bits per heavy atom. The summed E-state index contributed by atoms with van der Waals surface area (Å²) < 4.78 is 11.1. The molecular weight excluding hydrogens is 296 g/mol. The predicted octanol–water partition coefficient (Wildman–Crippen LogP) is 1.16. The molecule has 0 saturated heterocycles. The number of nitrogens with one attached hydrogen (secondary N) is 1. The highest BCUT2D eigenvalue weighted by Crippen LogP contribution is 2.41. The highest BCUT2D eigenvalue weighted by Gasteiger charge is 2.49. The van der Waals surface area contributed by atoms with E-state index in [1.54, 1.807) is 0 Å². The molecule has 23 heavy (non-hydrogen) atoms. The van der Waals surface area contributed by atoms with E-state index in [1.807, 2.05) is 25.1 Å². The van der Waals surface area contributed by atoms with Crippen LogP contribution in [0.4, 0.5) is 0 Å². The number of ether oxygens (including phenoxy) is 2. The zero-order chi connectivity index (χ0) is 16.4. The van der Waals surface area contributed by atoms with Crippen molar-refractivity contribution >= 4 is 11.8 Å². The van der Waals surface area contributed by atoms with Gasteiger partial charge < -0.3 is 20.5 Å². The van der Waals surface area contributed by atoms with E-state index in [4.69, 9.17) is 15.2 Å². The van der Waals surface area contributed by atoms with Gasteiger partial charge in [-0.2, -0.15) is 0 Å². The summed E-state index contributed by atoms with van der Waals surface area (Å²) in [6, 6.07) is 5.69. The van der Waals surface area contributed by atoms with Crippen molar-refractivity contribution in [3.63, 3.8) is 0 Å². The molecule has 1 aromatic carbocycles. The number of amides is 2. The molecule has 3 N–H and O–H groups in total. The van der Waals surface area contributed by atoms with Gasteiger partial charge in [-0.1, -0.05) is 12.5 Å². The lowest BCUT2D eigenvalue weighted by Gasteiger charge is -2.37. The summed E-state index contributed by atoms with van der Waals surface area (Å²) in [5.41, 5.74) is 5.45. The van der Waals surface area contributed by atoms with Gasteiger partial charge in [0.05, 0.1) is 0 Å². The van der Waals surface area contributed by atoms with E-state index in [-0.39, 0.29) is 11.9 Å². The Hall–Kier alpha value is -2.24. The first kappa shape index (κ1) is 15.6. The Morgan fingerprint density at radius 2 is 1.96 bits per heavy atom. The monoisotopic (exact) mass is 318 g/mol. The standard InChI is InChI=1S/C17H22N2O4/c1-11(19-16(21)17(15(18)20)5-2-6-17)9-12-3-4-13-14(10-12)23-8-7-22-13/h3-4,10-11H,2,5-9H2,1H3,(H2,18,20)(H,19,21)/t11-/m1/s1. The maximum atomic E-state index is 12.4. The summed E-state index contributed by atoms with van der Waals surface area (Å²) in [4.78, 5) is 23.9. The molecule has 0 unspecified atom stereocenters. The van der Waals surface area contributed by atoms with Gasteiger partial charge in [0, 0.05) is 6.04 Å². The van der Waals surface area contributed by atoms with Gasteiger partial charge in [0.1, 0.15) is 18.6 Å². The number of rotatable bonds is 5. The molecule has 6 nitrogen and oxygen atoms in total. The Balaban J connectivity index is 1.62. The lowest BCUT2D eigenvalue weighted by molar-refractivity contribution is -0.147. The van der Waals surface area contributed by atoms with Gasteiger partial charge in [-0.3, -0.25) is 9.59 Å². The first-order chi connectivity index (χ1) is 11.0. The topological polar surface area (TPSA) is 90.7 Å². The normalized spacial score (nSPS) is 19.3. The van der Waals surface area contributed by atoms with Crippen molar-refractivity contribution in [2.45, 2.75) is 38.6 Å². The third kappa shape index (κ3) is 2.98. The van der Waals surface area contributed by atoms with Crippen LogP contribution in [-0.2, 0) is 16.0 Å². The summed E-state index contributed by atoms with van der Waals surface area (Å²) in [6.07, 6.45) is 2.61. The molecule has 0 radical (unpaired) electrons. The van der Waals surface area contributed by atoms with Crippen LogP contribution in [0.25, 0.3) is 0 Å². The Morgan fingerprint density at radius 3 is 2.57 bits per heavy atom. The molecule has 6 heteroatoms. The van der Waals surface area contributed by atoms with Crippen molar-refractivity contribution in [3.05, 3.63) is 23.8 Å². The maximum absolute atomic E-state index is 12.4. The van der Waals surface area contributed by atoms with Gasteiger partial charge in [0.25, 0.3) is 0 Å². The van der Waals surface area contributed by atoms with E-state index in [0.717, 1.165) is 23.5 Å². The number of nitrogens with two attached hydrogens (primary N) is 1. The largest absolute Gasteiger partial charge is 0.486 e. The van der Waals surface area contributed by atoms with E-state index in [1.165, 1.54) is 0 Å².